The number of halogens is 1. The zero-order chi connectivity index (χ0) is 10.8. The summed E-state index contributed by atoms with van der Waals surface area (Å²) in [4.78, 5) is 0. The predicted molar refractivity (Wildman–Crippen MR) is 68.9 cm³/mol. The van der Waals surface area contributed by atoms with E-state index >= 15 is 0 Å². The van der Waals surface area contributed by atoms with Gasteiger partial charge in [0.15, 0.2) is 0 Å². The summed E-state index contributed by atoms with van der Waals surface area (Å²) in [6, 6.07) is 8.17. The number of hydrogen-bond donors (Lipinski definition) is 1. The van der Waals surface area contributed by atoms with Crippen molar-refractivity contribution in [3.63, 3.8) is 0 Å². The Morgan fingerprint density at radius 1 is 1.47 bits per heavy atom. The molecule has 1 unspecified atom stereocenters. The summed E-state index contributed by atoms with van der Waals surface area (Å²) in [5, 5.41) is 4.25. The molecule has 0 saturated carbocycles. The molecule has 1 heterocycles. The Morgan fingerprint density at radius 3 is 2.87 bits per heavy atom. The second-order valence-electron chi connectivity index (χ2n) is 3.49. The van der Waals surface area contributed by atoms with Crippen molar-refractivity contribution in [3.8, 4) is 5.69 Å². The molecule has 0 aliphatic heterocycles. The quantitative estimate of drug-likeness (QED) is 0.866. The molecule has 1 aromatic heterocycles. The zero-order valence-corrected chi connectivity index (χ0v) is 10.5. The van der Waals surface area contributed by atoms with Gasteiger partial charge in [0.05, 0.1) is 15.5 Å². The van der Waals surface area contributed by atoms with Crippen molar-refractivity contribution < 1.29 is 0 Å². The lowest BCUT2D eigenvalue weighted by Crippen LogP contribution is -2.05. The van der Waals surface area contributed by atoms with Gasteiger partial charge in [0, 0.05) is 12.2 Å². The predicted octanol–water partition coefficient (Wildman–Crippen LogP) is 2.50. The van der Waals surface area contributed by atoms with E-state index in [0.29, 0.717) is 0 Å². The average Bonchev–Trinajstić information content (AvgIpc) is 2.65. The standard InChI is InChI=1S/C11H12IN3/c1-8(13)9-3-2-4-11(5-9)15-7-10(12)6-14-15/h2-8H,13H2,1H3. The fourth-order valence-electron chi connectivity index (χ4n) is 1.39. The fraction of sp³-hybridized carbons (Fsp3) is 0.182. The van der Waals surface area contributed by atoms with E-state index in [2.05, 4.69) is 33.8 Å². The van der Waals surface area contributed by atoms with E-state index in [1.165, 1.54) is 0 Å². The minimum absolute atomic E-state index is 0.0552. The van der Waals surface area contributed by atoms with Crippen LogP contribution in [0.5, 0.6) is 0 Å². The van der Waals surface area contributed by atoms with Crippen molar-refractivity contribution in [1.82, 2.24) is 9.78 Å². The maximum Gasteiger partial charge on any atom is 0.0649 e. The second kappa shape index (κ2) is 4.32. The summed E-state index contributed by atoms with van der Waals surface area (Å²) < 4.78 is 2.98. The van der Waals surface area contributed by atoms with E-state index in [4.69, 9.17) is 5.73 Å². The van der Waals surface area contributed by atoms with Gasteiger partial charge in [-0.25, -0.2) is 4.68 Å². The van der Waals surface area contributed by atoms with Crippen LogP contribution in [0.2, 0.25) is 0 Å². The molecule has 78 valence electrons. The fourth-order valence-corrected chi connectivity index (χ4v) is 1.78. The van der Waals surface area contributed by atoms with Crippen molar-refractivity contribution >= 4 is 22.6 Å². The summed E-state index contributed by atoms with van der Waals surface area (Å²) in [7, 11) is 0. The van der Waals surface area contributed by atoms with Crippen LogP contribution in [-0.4, -0.2) is 9.78 Å². The molecule has 4 heteroatoms. The molecule has 2 aromatic rings. The van der Waals surface area contributed by atoms with Crippen LogP contribution >= 0.6 is 22.6 Å². The number of nitrogens with zero attached hydrogens (tertiary/aromatic N) is 2. The first-order valence-corrected chi connectivity index (χ1v) is 5.81. The average molecular weight is 313 g/mol. The minimum Gasteiger partial charge on any atom is -0.324 e. The molecule has 0 bridgehead atoms. The van der Waals surface area contributed by atoms with Crippen LogP contribution < -0.4 is 5.73 Å². The first kappa shape index (κ1) is 10.6. The molecule has 0 saturated heterocycles. The van der Waals surface area contributed by atoms with E-state index in [0.717, 1.165) is 14.8 Å². The third-order valence-electron chi connectivity index (χ3n) is 2.21. The van der Waals surface area contributed by atoms with Crippen molar-refractivity contribution in [3.05, 3.63) is 45.8 Å². The SMILES string of the molecule is CC(N)c1cccc(-n2cc(I)cn2)c1. The molecule has 0 amide bonds. The number of benzene rings is 1. The monoisotopic (exact) mass is 313 g/mol. The van der Waals surface area contributed by atoms with Gasteiger partial charge in [0.25, 0.3) is 0 Å². The Morgan fingerprint density at radius 2 is 2.27 bits per heavy atom. The molecule has 2 rings (SSSR count). The van der Waals surface area contributed by atoms with Crippen molar-refractivity contribution in [2.45, 2.75) is 13.0 Å². The molecule has 15 heavy (non-hydrogen) atoms. The first-order chi connectivity index (χ1) is 7.16. The lowest BCUT2D eigenvalue weighted by atomic mass is 10.1. The van der Waals surface area contributed by atoms with Crippen LogP contribution in [0.1, 0.15) is 18.5 Å². The Bertz CT molecular complexity index is 462. The van der Waals surface area contributed by atoms with Crippen LogP contribution in [0, 0.1) is 3.57 Å². The van der Waals surface area contributed by atoms with Crippen molar-refractivity contribution in [2.24, 2.45) is 5.73 Å². The van der Waals surface area contributed by atoms with Crippen LogP contribution in [-0.2, 0) is 0 Å². The highest BCUT2D eigenvalue weighted by Gasteiger charge is 2.02. The maximum absolute atomic E-state index is 5.83. The van der Waals surface area contributed by atoms with Gasteiger partial charge in [0.2, 0.25) is 0 Å². The summed E-state index contributed by atoms with van der Waals surface area (Å²) in [6.45, 7) is 1.98. The van der Waals surface area contributed by atoms with E-state index in [9.17, 15) is 0 Å². The normalized spacial score (nSPS) is 12.7. The van der Waals surface area contributed by atoms with Crippen LogP contribution in [0.3, 0.4) is 0 Å². The van der Waals surface area contributed by atoms with E-state index in [1.807, 2.05) is 42.2 Å². The van der Waals surface area contributed by atoms with Gasteiger partial charge in [-0.3, -0.25) is 0 Å². The largest absolute Gasteiger partial charge is 0.324 e. The Labute approximate surface area is 102 Å². The van der Waals surface area contributed by atoms with Crippen LogP contribution in [0.4, 0.5) is 0 Å². The van der Waals surface area contributed by atoms with E-state index in [1.54, 1.807) is 0 Å². The molecule has 0 spiro atoms. The van der Waals surface area contributed by atoms with Gasteiger partial charge >= 0.3 is 0 Å². The molecular formula is C11H12IN3. The molecular weight excluding hydrogens is 301 g/mol. The van der Waals surface area contributed by atoms with Crippen LogP contribution in [0.15, 0.2) is 36.7 Å². The highest BCUT2D eigenvalue weighted by atomic mass is 127. The maximum atomic E-state index is 5.83. The molecule has 0 fully saturated rings. The molecule has 0 aliphatic carbocycles. The molecule has 0 aliphatic rings. The highest BCUT2D eigenvalue weighted by molar-refractivity contribution is 14.1. The van der Waals surface area contributed by atoms with Gasteiger partial charge in [-0.1, -0.05) is 12.1 Å². The lowest BCUT2D eigenvalue weighted by molar-refractivity contribution is 0.809. The van der Waals surface area contributed by atoms with Crippen LogP contribution in [0.25, 0.3) is 5.69 Å². The van der Waals surface area contributed by atoms with Gasteiger partial charge in [0.1, 0.15) is 0 Å². The molecule has 3 nitrogen and oxygen atoms in total. The topological polar surface area (TPSA) is 43.8 Å². The summed E-state index contributed by atoms with van der Waals surface area (Å²) in [5.74, 6) is 0. The number of aromatic nitrogens is 2. The number of nitrogens with two attached hydrogens (primary N) is 1. The Balaban J connectivity index is 2.41. The summed E-state index contributed by atoms with van der Waals surface area (Å²) in [5.41, 5.74) is 8.01. The van der Waals surface area contributed by atoms with Gasteiger partial charge < -0.3 is 5.73 Å². The number of hydrogen-bond acceptors (Lipinski definition) is 2. The molecule has 1 aromatic carbocycles. The Kier molecular flexibility index (Phi) is 3.06. The number of rotatable bonds is 2. The van der Waals surface area contributed by atoms with Crippen molar-refractivity contribution in [2.75, 3.05) is 0 Å². The smallest absolute Gasteiger partial charge is 0.0649 e. The zero-order valence-electron chi connectivity index (χ0n) is 8.39. The lowest BCUT2D eigenvalue weighted by Gasteiger charge is -2.07. The van der Waals surface area contributed by atoms with E-state index < -0.39 is 0 Å². The van der Waals surface area contributed by atoms with Gasteiger partial charge in [-0.2, -0.15) is 5.10 Å². The molecule has 1 atom stereocenters. The second-order valence-corrected chi connectivity index (χ2v) is 4.73. The van der Waals surface area contributed by atoms with E-state index in [-0.39, 0.29) is 6.04 Å². The summed E-state index contributed by atoms with van der Waals surface area (Å²) in [6.07, 6.45) is 3.82. The third kappa shape index (κ3) is 2.38. The highest BCUT2D eigenvalue weighted by Crippen LogP contribution is 2.15. The minimum atomic E-state index is 0.0552. The Hall–Kier alpha value is -0.880. The third-order valence-corrected chi connectivity index (χ3v) is 2.77. The summed E-state index contributed by atoms with van der Waals surface area (Å²) >= 11 is 2.24. The van der Waals surface area contributed by atoms with Crippen molar-refractivity contribution in [1.29, 1.82) is 0 Å². The molecule has 2 N–H and O–H groups in total. The van der Waals surface area contributed by atoms with Gasteiger partial charge in [-0.05, 0) is 47.2 Å². The van der Waals surface area contributed by atoms with Gasteiger partial charge in [-0.15, -0.1) is 0 Å². The first-order valence-electron chi connectivity index (χ1n) is 4.73. The molecule has 0 radical (unpaired) electrons.